The second-order valence-corrected chi connectivity index (χ2v) is 6.47. The van der Waals surface area contributed by atoms with Crippen LogP contribution in [0.2, 0.25) is 5.02 Å². The number of hydrogen-bond acceptors (Lipinski definition) is 2. The molecule has 5 nitrogen and oxygen atoms in total. The van der Waals surface area contributed by atoms with Gasteiger partial charge < -0.3 is 16.4 Å². The van der Waals surface area contributed by atoms with Gasteiger partial charge in [-0.15, -0.1) is 0 Å². The fraction of sp³-hybridized carbons (Fsp3) is 0.529. The van der Waals surface area contributed by atoms with E-state index in [1.54, 1.807) is 0 Å². The van der Waals surface area contributed by atoms with Crippen LogP contribution in [-0.2, 0) is 4.79 Å². The first-order chi connectivity index (χ1) is 11.1. The van der Waals surface area contributed by atoms with Gasteiger partial charge in [-0.1, -0.05) is 30.2 Å². The minimum atomic E-state index is -0.526. The van der Waals surface area contributed by atoms with Crippen molar-refractivity contribution in [1.29, 1.82) is 0 Å². The van der Waals surface area contributed by atoms with Gasteiger partial charge in [0.1, 0.15) is 0 Å². The molecule has 1 fully saturated rings. The summed E-state index contributed by atoms with van der Waals surface area (Å²) in [5.74, 6) is 0.563. The lowest BCUT2D eigenvalue weighted by Crippen LogP contribution is -2.36. The largest absolute Gasteiger partial charge is 0.352 e. The Morgan fingerprint density at radius 3 is 2.48 bits per heavy atom. The molecule has 1 saturated carbocycles. The monoisotopic (exact) mass is 337 g/mol. The topological polar surface area (TPSA) is 84.2 Å². The number of carbonyl (C=O) groups is 2. The number of rotatable bonds is 8. The summed E-state index contributed by atoms with van der Waals surface area (Å²) >= 11 is 5.94. The zero-order valence-corrected chi connectivity index (χ0v) is 13.9. The predicted molar refractivity (Wildman–Crippen MR) is 91.1 cm³/mol. The number of nitrogens with two attached hydrogens (primary N) is 1. The van der Waals surface area contributed by atoms with Gasteiger partial charge >= 0.3 is 6.03 Å². The third kappa shape index (κ3) is 5.75. The summed E-state index contributed by atoms with van der Waals surface area (Å²) < 4.78 is 0. The molecular weight excluding hydrogens is 314 g/mol. The number of halogens is 1. The Balaban J connectivity index is 1.82. The van der Waals surface area contributed by atoms with Crippen molar-refractivity contribution in [2.45, 2.75) is 44.6 Å². The Kier molecular flexibility index (Phi) is 6.71. The van der Waals surface area contributed by atoms with E-state index in [0.717, 1.165) is 31.2 Å². The van der Waals surface area contributed by atoms with E-state index in [1.165, 1.54) is 6.42 Å². The second-order valence-electron chi connectivity index (χ2n) is 6.04. The van der Waals surface area contributed by atoms with Crippen LogP contribution in [0.15, 0.2) is 24.3 Å². The maximum atomic E-state index is 12.2. The number of unbranched alkanes of at least 4 members (excludes halogenated alkanes) is 1. The first-order valence-corrected chi connectivity index (χ1v) is 8.52. The van der Waals surface area contributed by atoms with Gasteiger partial charge in [0, 0.05) is 18.0 Å². The van der Waals surface area contributed by atoms with Crippen molar-refractivity contribution >= 4 is 23.5 Å². The van der Waals surface area contributed by atoms with Crippen molar-refractivity contribution in [2.75, 3.05) is 6.54 Å². The fourth-order valence-electron chi connectivity index (χ4n) is 2.78. The number of benzene rings is 1. The van der Waals surface area contributed by atoms with E-state index in [1.807, 2.05) is 24.3 Å². The first-order valence-electron chi connectivity index (χ1n) is 8.14. The van der Waals surface area contributed by atoms with Crippen molar-refractivity contribution in [3.8, 4) is 0 Å². The molecule has 4 N–H and O–H groups in total. The molecule has 0 radical (unpaired) electrons. The van der Waals surface area contributed by atoms with Crippen LogP contribution in [-0.4, -0.2) is 18.5 Å². The Bertz CT molecular complexity index is 529. The molecule has 0 bridgehead atoms. The van der Waals surface area contributed by atoms with E-state index < -0.39 is 6.03 Å². The standard InChI is InChI=1S/C17H24ClN3O2/c18-14-9-7-13(8-10-14)16(12-4-3-5-12)21-15(22)6-1-2-11-20-17(19)23/h7-10,12,16H,1-6,11H2,(H,21,22)(H3,19,20,23). The van der Waals surface area contributed by atoms with Crippen LogP contribution in [0.4, 0.5) is 4.79 Å². The van der Waals surface area contributed by atoms with Crippen LogP contribution in [0.25, 0.3) is 0 Å². The molecule has 6 heteroatoms. The first kappa shape index (κ1) is 17.6. The van der Waals surface area contributed by atoms with Gasteiger partial charge in [0.05, 0.1) is 6.04 Å². The van der Waals surface area contributed by atoms with Crippen molar-refractivity contribution in [3.05, 3.63) is 34.9 Å². The van der Waals surface area contributed by atoms with Crippen LogP contribution in [0.3, 0.4) is 0 Å². The molecule has 1 unspecified atom stereocenters. The van der Waals surface area contributed by atoms with E-state index >= 15 is 0 Å². The Labute approximate surface area is 142 Å². The van der Waals surface area contributed by atoms with Gasteiger partial charge in [-0.3, -0.25) is 4.79 Å². The normalized spacial score (nSPS) is 15.5. The summed E-state index contributed by atoms with van der Waals surface area (Å²) in [6, 6.07) is 7.25. The summed E-state index contributed by atoms with van der Waals surface area (Å²) in [6.45, 7) is 0.506. The van der Waals surface area contributed by atoms with Gasteiger partial charge in [-0.05, 0) is 49.3 Å². The lowest BCUT2D eigenvalue weighted by molar-refractivity contribution is -0.122. The molecule has 2 rings (SSSR count). The Morgan fingerprint density at radius 1 is 1.22 bits per heavy atom. The van der Waals surface area contributed by atoms with Crippen molar-refractivity contribution < 1.29 is 9.59 Å². The predicted octanol–water partition coefficient (Wildman–Crippen LogP) is 3.14. The SMILES string of the molecule is NC(=O)NCCCCC(=O)NC(c1ccc(Cl)cc1)C1CCC1. The molecule has 0 aromatic heterocycles. The molecule has 1 aliphatic rings. The third-order valence-corrected chi connectivity index (χ3v) is 4.55. The van der Waals surface area contributed by atoms with Crippen LogP contribution in [0, 0.1) is 5.92 Å². The molecular formula is C17H24ClN3O2. The number of urea groups is 1. The third-order valence-electron chi connectivity index (χ3n) is 4.30. The van der Waals surface area contributed by atoms with Gasteiger partial charge in [-0.25, -0.2) is 4.79 Å². The zero-order chi connectivity index (χ0) is 16.7. The number of amides is 3. The maximum absolute atomic E-state index is 12.2. The van der Waals surface area contributed by atoms with Crippen LogP contribution in [0.5, 0.6) is 0 Å². The highest BCUT2D eigenvalue weighted by Crippen LogP contribution is 2.38. The minimum absolute atomic E-state index is 0.0518. The van der Waals surface area contributed by atoms with Gasteiger partial charge in [-0.2, -0.15) is 0 Å². The molecule has 1 atom stereocenters. The van der Waals surface area contributed by atoms with Crippen LogP contribution in [0.1, 0.15) is 50.1 Å². The molecule has 1 aromatic rings. The smallest absolute Gasteiger partial charge is 0.312 e. The quantitative estimate of drug-likeness (QED) is 0.637. The molecule has 0 heterocycles. The Morgan fingerprint density at radius 2 is 1.91 bits per heavy atom. The van der Waals surface area contributed by atoms with Crippen molar-refractivity contribution in [3.63, 3.8) is 0 Å². The van der Waals surface area contributed by atoms with E-state index in [2.05, 4.69) is 10.6 Å². The molecule has 0 aliphatic heterocycles. The second kappa shape index (κ2) is 8.77. The summed E-state index contributed by atoms with van der Waals surface area (Å²) in [5.41, 5.74) is 6.11. The number of nitrogens with one attached hydrogen (secondary N) is 2. The highest BCUT2D eigenvalue weighted by Gasteiger charge is 2.29. The lowest BCUT2D eigenvalue weighted by Gasteiger charge is -2.34. The molecule has 3 amide bonds. The molecule has 126 valence electrons. The fourth-order valence-corrected chi connectivity index (χ4v) is 2.91. The van der Waals surface area contributed by atoms with Crippen LogP contribution >= 0.6 is 11.6 Å². The van der Waals surface area contributed by atoms with Crippen LogP contribution < -0.4 is 16.4 Å². The Hall–Kier alpha value is -1.75. The average Bonchev–Trinajstić information content (AvgIpc) is 2.45. The van der Waals surface area contributed by atoms with Gasteiger partial charge in [0.25, 0.3) is 0 Å². The summed E-state index contributed by atoms with van der Waals surface area (Å²) in [4.78, 5) is 22.7. The van der Waals surface area contributed by atoms with E-state index in [-0.39, 0.29) is 11.9 Å². The summed E-state index contributed by atoms with van der Waals surface area (Å²) in [6.07, 6.45) is 5.45. The highest BCUT2D eigenvalue weighted by atomic mass is 35.5. The average molecular weight is 338 g/mol. The van der Waals surface area contributed by atoms with E-state index in [0.29, 0.717) is 23.9 Å². The molecule has 0 saturated heterocycles. The lowest BCUT2D eigenvalue weighted by atomic mass is 9.77. The number of primary amides is 1. The zero-order valence-electron chi connectivity index (χ0n) is 13.2. The molecule has 23 heavy (non-hydrogen) atoms. The van der Waals surface area contributed by atoms with Crippen molar-refractivity contribution in [2.24, 2.45) is 11.7 Å². The van der Waals surface area contributed by atoms with E-state index in [9.17, 15) is 9.59 Å². The van der Waals surface area contributed by atoms with Gasteiger partial charge in [0.15, 0.2) is 0 Å². The molecule has 0 spiro atoms. The number of carbonyl (C=O) groups excluding carboxylic acids is 2. The highest BCUT2D eigenvalue weighted by molar-refractivity contribution is 6.30. The molecule has 1 aliphatic carbocycles. The van der Waals surface area contributed by atoms with E-state index in [4.69, 9.17) is 17.3 Å². The molecule has 1 aromatic carbocycles. The summed E-state index contributed by atoms with van der Waals surface area (Å²) in [5, 5.41) is 6.39. The van der Waals surface area contributed by atoms with Crippen molar-refractivity contribution in [1.82, 2.24) is 10.6 Å². The summed E-state index contributed by atoms with van der Waals surface area (Å²) in [7, 11) is 0. The maximum Gasteiger partial charge on any atom is 0.312 e. The van der Waals surface area contributed by atoms with Gasteiger partial charge in [0.2, 0.25) is 5.91 Å². The number of hydrogen-bond donors (Lipinski definition) is 3. The minimum Gasteiger partial charge on any atom is -0.352 e.